The molecule has 2 aromatic heterocycles. The van der Waals surface area contributed by atoms with Gasteiger partial charge in [-0.3, -0.25) is 19.9 Å². The molecule has 0 saturated carbocycles. The number of ether oxygens (including phenoxy) is 2. The Morgan fingerprint density at radius 2 is 2.04 bits per heavy atom. The number of hydrogen-bond acceptors (Lipinski definition) is 7. The van der Waals surface area contributed by atoms with Crippen molar-refractivity contribution in [1.82, 2.24) is 10.3 Å². The molecule has 4 heterocycles. The van der Waals surface area contributed by atoms with E-state index in [-0.39, 0.29) is 11.1 Å². The van der Waals surface area contributed by atoms with Gasteiger partial charge in [-0.25, -0.2) is 0 Å². The third-order valence-corrected chi connectivity index (χ3v) is 6.03. The van der Waals surface area contributed by atoms with E-state index in [1.165, 1.54) is 0 Å². The molecule has 2 aliphatic rings. The van der Waals surface area contributed by atoms with Gasteiger partial charge in [-0.15, -0.1) is 11.3 Å². The van der Waals surface area contributed by atoms with Gasteiger partial charge in [0, 0.05) is 22.5 Å². The van der Waals surface area contributed by atoms with E-state index in [0.717, 1.165) is 50.2 Å². The lowest BCUT2D eigenvalue weighted by Crippen LogP contribution is -2.17. The molecule has 1 aromatic carbocycles. The molecule has 8 heteroatoms. The molecule has 0 unspecified atom stereocenters. The number of thiophene rings is 1. The smallest absolute Gasteiger partial charge is 0.290 e. The molecule has 0 spiro atoms. The summed E-state index contributed by atoms with van der Waals surface area (Å²) in [5.74, 6) is 1.16. The number of nitrogens with zero attached hydrogens (tertiary/aromatic N) is 1. The van der Waals surface area contributed by atoms with E-state index in [1.54, 1.807) is 23.6 Å². The lowest BCUT2D eigenvalue weighted by Gasteiger charge is -2.16. The van der Waals surface area contributed by atoms with Crippen molar-refractivity contribution in [3.63, 3.8) is 0 Å². The van der Waals surface area contributed by atoms with Crippen LogP contribution >= 0.6 is 23.1 Å². The second-order valence-corrected chi connectivity index (χ2v) is 7.84. The van der Waals surface area contributed by atoms with Crippen molar-refractivity contribution in [2.45, 2.75) is 0 Å². The number of imide groups is 1. The van der Waals surface area contributed by atoms with Crippen molar-refractivity contribution in [3.05, 3.63) is 46.3 Å². The fourth-order valence-corrected chi connectivity index (χ4v) is 4.73. The maximum atomic E-state index is 11.8. The predicted octanol–water partition coefficient (Wildman–Crippen LogP) is 4.06. The Hall–Kier alpha value is -2.84. The molecule has 5 rings (SSSR count). The first kappa shape index (κ1) is 16.3. The summed E-state index contributed by atoms with van der Waals surface area (Å²) in [7, 11) is 0. The number of amides is 2. The first-order valence-electron chi connectivity index (χ1n) is 8.20. The van der Waals surface area contributed by atoms with Gasteiger partial charge < -0.3 is 9.47 Å². The minimum Gasteiger partial charge on any atom is -0.485 e. The molecule has 2 aliphatic heterocycles. The quantitative estimate of drug-likeness (QED) is 0.659. The zero-order valence-electron chi connectivity index (χ0n) is 13.9. The van der Waals surface area contributed by atoms with Gasteiger partial charge in [-0.1, -0.05) is 6.07 Å². The maximum Gasteiger partial charge on any atom is 0.290 e. The highest BCUT2D eigenvalue weighted by atomic mass is 32.2. The van der Waals surface area contributed by atoms with Crippen LogP contribution in [0.4, 0.5) is 4.79 Å². The maximum absolute atomic E-state index is 11.8. The summed E-state index contributed by atoms with van der Waals surface area (Å²) < 4.78 is 11.5. The Morgan fingerprint density at radius 3 is 2.89 bits per heavy atom. The van der Waals surface area contributed by atoms with Crippen molar-refractivity contribution in [2.75, 3.05) is 13.2 Å². The highest BCUT2D eigenvalue weighted by molar-refractivity contribution is 8.18. The van der Waals surface area contributed by atoms with Crippen molar-refractivity contribution >= 4 is 51.2 Å². The highest BCUT2D eigenvalue weighted by Crippen LogP contribution is 2.47. The second-order valence-electron chi connectivity index (χ2n) is 5.94. The van der Waals surface area contributed by atoms with Crippen LogP contribution in [0, 0.1) is 0 Å². The van der Waals surface area contributed by atoms with Crippen LogP contribution in [-0.4, -0.2) is 29.3 Å². The highest BCUT2D eigenvalue weighted by Gasteiger charge is 2.25. The Kier molecular flexibility index (Phi) is 3.87. The Balaban J connectivity index is 1.64. The fraction of sp³-hybridized carbons (Fsp3) is 0.105. The molecule has 3 aromatic rings. The van der Waals surface area contributed by atoms with E-state index in [9.17, 15) is 9.59 Å². The van der Waals surface area contributed by atoms with Crippen molar-refractivity contribution in [3.8, 4) is 21.9 Å². The number of aromatic nitrogens is 1. The summed E-state index contributed by atoms with van der Waals surface area (Å²) in [6.45, 7) is 1.08. The number of nitrogens with one attached hydrogen (secondary N) is 1. The van der Waals surface area contributed by atoms with E-state index in [1.807, 2.05) is 29.6 Å². The summed E-state index contributed by atoms with van der Waals surface area (Å²) in [5.41, 5.74) is 2.66. The largest absolute Gasteiger partial charge is 0.485 e. The first-order chi connectivity index (χ1) is 13.2. The van der Waals surface area contributed by atoms with Gasteiger partial charge in [0.25, 0.3) is 11.1 Å². The number of fused-ring (bicyclic) bond motifs is 2. The SMILES string of the molecule is O=C1NC(=O)/C(=C\c2ccc3nccc(-c4scc5c4OCCO5)c3c2)S1. The number of carbonyl (C=O) groups excluding carboxylic acids is 2. The number of rotatable bonds is 2. The number of thioether (sulfide) groups is 1. The summed E-state index contributed by atoms with van der Waals surface area (Å²) in [5, 5.41) is 4.81. The number of benzene rings is 1. The van der Waals surface area contributed by atoms with Crippen LogP contribution in [-0.2, 0) is 4.79 Å². The molecule has 1 fully saturated rings. The average Bonchev–Trinajstić information content (AvgIpc) is 3.24. The Labute approximate surface area is 162 Å². The Morgan fingerprint density at radius 1 is 1.15 bits per heavy atom. The first-order valence-corrected chi connectivity index (χ1v) is 9.90. The molecule has 2 amide bonds. The van der Waals surface area contributed by atoms with Crippen LogP contribution in [0.15, 0.2) is 40.7 Å². The van der Waals surface area contributed by atoms with Crippen LogP contribution in [0.2, 0.25) is 0 Å². The summed E-state index contributed by atoms with van der Waals surface area (Å²) in [6, 6.07) is 7.70. The molecule has 134 valence electrons. The molecule has 0 aliphatic carbocycles. The molecule has 27 heavy (non-hydrogen) atoms. The standard InChI is InChI=1S/C19H12N2O4S2/c22-18-15(27-19(23)21-18)8-10-1-2-13-12(7-10)11(3-4-20-13)17-16-14(9-26-17)24-5-6-25-16/h1-4,7-9H,5-6H2,(H,21,22,23)/b15-8+. The van der Waals surface area contributed by atoms with Crippen molar-refractivity contribution < 1.29 is 19.1 Å². The summed E-state index contributed by atoms with van der Waals surface area (Å²) in [6.07, 6.45) is 3.48. The van der Waals surface area contributed by atoms with Gasteiger partial charge in [0.1, 0.15) is 13.2 Å². The van der Waals surface area contributed by atoms with Crippen LogP contribution in [0.1, 0.15) is 5.56 Å². The van der Waals surface area contributed by atoms with Gasteiger partial charge in [-0.2, -0.15) is 0 Å². The minimum absolute atomic E-state index is 0.350. The van der Waals surface area contributed by atoms with E-state index in [2.05, 4.69) is 10.3 Å². The third kappa shape index (κ3) is 2.87. The molecule has 0 radical (unpaired) electrons. The van der Waals surface area contributed by atoms with E-state index >= 15 is 0 Å². The van der Waals surface area contributed by atoms with E-state index in [0.29, 0.717) is 18.1 Å². The van der Waals surface area contributed by atoms with Gasteiger partial charge >= 0.3 is 0 Å². The third-order valence-electron chi connectivity index (χ3n) is 4.25. The van der Waals surface area contributed by atoms with Crippen LogP contribution in [0.5, 0.6) is 11.5 Å². The molecule has 1 saturated heterocycles. The zero-order chi connectivity index (χ0) is 18.4. The van der Waals surface area contributed by atoms with Crippen LogP contribution in [0.25, 0.3) is 27.4 Å². The Bertz CT molecular complexity index is 1140. The molecular weight excluding hydrogens is 384 g/mol. The van der Waals surface area contributed by atoms with Crippen molar-refractivity contribution in [1.29, 1.82) is 0 Å². The fourth-order valence-electron chi connectivity index (χ4n) is 3.07. The molecule has 0 atom stereocenters. The normalized spacial score (nSPS) is 17.6. The summed E-state index contributed by atoms with van der Waals surface area (Å²) in [4.78, 5) is 29.0. The molecular formula is C19H12N2O4S2. The van der Waals surface area contributed by atoms with Crippen molar-refractivity contribution in [2.24, 2.45) is 0 Å². The second kappa shape index (κ2) is 6.40. The molecule has 6 nitrogen and oxygen atoms in total. The van der Waals surface area contributed by atoms with E-state index in [4.69, 9.17) is 9.47 Å². The minimum atomic E-state index is -0.366. The lowest BCUT2D eigenvalue weighted by molar-refractivity contribution is -0.115. The lowest BCUT2D eigenvalue weighted by atomic mass is 10.0. The predicted molar refractivity (Wildman–Crippen MR) is 105 cm³/mol. The van der Waals surface area contributed by atoms with E-state index < -0.39 is 0 Å². The van der Waals surface area contributed by atoms with Gasteiger partial charge in [-0.05, 0) is 41.6 Å². The average molecular weight is 396 g/mol. The monoisotopic (exact) mass is 396 g/mol. The zero-order valence-corrected chi connectivity index (χ0v) is 15.5. The number of pyridine rings is 1. The van der Waals surface area contributed by atoms with Gasteiger partial charge in [0.2, 0.25) is 0 Å². The van der Waals surface area contributed by atoms with Gasteiger partial charge in [0.15, 0.2) is 11.5 Å². The topological polar surface area (TPSA) is 77.5 Å². The summed E-state index contributed by atoms with van der Waals surface area (Å²) >= 11 is 2.47. The van der Waals surface area contributed by atoms with Crippen LogP contribution < -0.4 is 14.8 Å². The molecule has 1 N–H and O–H groups in total. The number of carbonyl (C=O) groups is 2. The van der Waals surface area contributed by atoms with Crippen LogP contribution in [0.3, 0.4) is 0 Å². The molecule has 0 bridgehead atoms. The number of hydrogen-bond donors (Lipinski definition) is 1. The van der Waals surface area contributed by atoms with Gasteiger partial charge in [0.05, 0.1) is 15.3 Å².